The van der Waals surface area contributed by atoms with Crippen LogP contribution in [0.15, 0.2) is 66.9 Å². The van der Waals surface area contributed by atoms with Gasteiger partial charge in [-0.15, -0.1) is 0 Å². The number of carbonyl (C=O) groups excluding carboxylic acids is 2. The summed E-state index contributed by atoms with van der Waals surface area (Å²) in [5.41, 5.74) is 2.70. The van der Waals surface area contributed by atoms with E-state index < -0.39 is 22.8 Å². The Hall–Kier alpha value is -4.07. The average Bonchev–Trinajstić information content (AvgIpc) is 2.76. The van der Waals surface area contributed by atoms with E-state index in [2.05, 4.69) is 10.3 Å². The van der Waals surface area contributed by atoms with Crippen molar-refractivity contribution in [1.82, 2.24) is 9.88 Å². The van der Waals surface area contributed by atoms with Crippen LogP contribution < -0.4 is 5.32 Å². The maximum atomic E-state index is 13.4. The summed E-state index contributed by atoms with van der Waals surface area (Å²) in [5, 5.41) is 14.2. The van der Waals surface area contributed by atoms with Crippen LogP contribution in [0.3, 0.4) is 0 Å². The average molecular weight is 418 g/mol. The first-order valence-electron chi connectivity index (χ1n) is 9.59. The van der Waals surface area contributed by atoms with Gasteiger partial charge in [-0.1, -0.05) is 36.4 Å². The summed E-state index contributed by atoms with van der Waals surface area (Å²) in [6.45, 7) is 3.74. The number of likely N-dealkylation sites (N-methyl/N-ethyl adjacent to an activating group) is 1. The lowest BCUT2D eigenvalue weighted by atomic mass is 10.0. The third-order valence-corrected chi connectivity index (χ3v) is 4.97. The topological polar surface area (TPSA) is 105 Å². The highest BCUT2D eigenvalue weighted by molar-refractivity contribution is 6.01. The molecule has 1 aromatic heterocycles. The molecule has 0 fully saturated rings. The third-order valence-electron chi connectivity index (χ3n) is 4.97. The first-order valence-corrected chi connectivity index (χ1v) is 9.59. The van der Waals surface area contributed by atoms with Crippen molar-refractivity contribution in [2.24, 2.45) is 0 Å². The molecule has 0 aliphatic rings. The van der Waals surface area contributed by atoms with Crippen LogP contribution in [0.5, 0.6) is 0 Å². The Labute approximate surface area is 179 Å². The summed E-state index contributed by atoms with van der Waals surface area (Å²) in [4.78, 5) is 42.4. The van der Waals surface area contributed by atoms with Gasteiger partial charge in [-0.2, -0.15) is 0 Å². The lowest BCUT2D eigenvalue weighted by Gasteiger charge is -2.28. The molecule has 1 heterocycles. The van der Waals surface area contributed by atoms with Crippen molar-refractivity contribution in [2.75, 3.05) is 12.4 Å². The highest BCUT2D eigenvalue weighted by atomic mass is 16.6. The Morgan fingerprint density at radius 1 is 1.03 bits per heavy atom. The van der Waals surface area contributed by atoms with Crippen LogP contribution in [-0.4, -0.2) is 33.7 Å². The van der Waals surface area contributed by atoms with Crippen LogP contribution in [0.2, 0.25) is 0 Å². The van der Waals surface area contributed by atoms with Crippen LogP contribution in [0.25, 0.3) is 0 Å². The fraction of sp³-hybridized carbons (Fsp3) is 0.174. The van der Waals surface area contributed by atoms with E-state index >= 15 is 0 Å². The number of nitro groups is 1. The molecule has 0 aliphatic heterocycles. The van der Waals surface area contributed by atoms with Gasteiger partial charge < -0.3 is 10.2 Å². The molecule has 2 amide bonds. The molecule has 8 nitrogen and oxygen atoms in total. The van der Waals surface area contributed by atoms with Crippen LogP contribution in [0, 0.1) is 24.0 Å². The van der Waals surface area contributed by atoms with Crippen molar-refractivity contribution in [3.05, 3.63) is 99.4 Å². The zero-order valence-corrected chi connectivity index (χ0v) is 17.4. The number of hydrogen-bond donors (Lipinski definition) is 1. The molecule has 0 aliphatic carbocycles. The standard InChI is InChI=1S/C23H22N4O4/c1-15-8-6-9-16(2)20(15)25-22(28)21(17-10-7-11-18(14-17)27(30)31)26(3)23(29)19-12-4-5-13-24-19/h4-14,21H,1-3H3,(H,25,28)/t21-/m0/s1. The number of para-hydroxylation sites is 1. The minimum absolute atomic E-state index is 0.166. The van der Waals surface area contributed by atoms with Gasteiger partial charge in [0, 0.05) is 31.1 Å². The highest BCUT2D eigenvalue weighted by Crippen LogP contribution is 2.28. The van der Waals surface area contributed by atoms with E-state index in [1.54, 1.807) is 24.3 Å². The molecule has 158 valence electrons. The lowest BCUT2D eigenvalue weighted by Crippen LogP contribution is -2.39. The monoisotopic (exact) mass is 418 g/mol. The number of carbonyl (C=O) groups is 2. The number of nitrogens with one attached hydrogen (secondary N) is 1. The second-order valence-electron chi connectivity index (χ2n) is 7.14. The normalized spacial score (nSPS) is 11.5. The third kappa shape index (κ3) is 4.75. The smallest absolute Gasteiger partial charge is 0.273 e. The van der Waals surface area contributed by atoms with E-state index in [9.17, 15) is 19.7 Å². The van der Waals surface area contributed by atoms with E-state index in [1.807, 2.05) is 32.0 Å². The van der Waals surface area contributed by atoms with Gasteiger partial charge in [-0.05, 0) is 42.7 Å². The molecule has 0 saturated heterocycles. The van der Waals surface area contributed by atoms with Gasteiger partial charge in [0.05, 0.1) is 4.92 Å². The second-order valence-corrected chi connectivity index (χ2v) is 7.14. The van der Waals surface area contributed by atoms with Crippen LogP contribution in [-0.2, 0) is 4.79 Å². The second kappa shape index (κ2) is 9.17. The number of nitro benzene ring substituents is 1. The Balaban J connectivity index is 2.03. The number of benzene rings is 2. The van der Waals surface area contributed by atoms with Crippen molar-refractivity contribution >= 4 is 23.2 Å². The van der Waals surface area contributed by atoms with Crippen LogP contribution in [0.1, 0.15) is 33.2 Å². The molecular formula is C23H22N4O4. The molecule has 31 heavy (non-hydrogen) atoms. The summed E-state index contributed by atoms with van der Waals surface area (Å²) in [7, 11) is 1.48. The van der Waals surface area contributed by atoms with E-state index in [0.717, 1.165) is 11.1 Å². The van der Waals surface area contributed by atoms with E-state index in [-0.39, 0.29) is 11.4 Å². The zero-order chi connectivity index (χ0) is 22.5. The summed E-state index contributed by atoms with van der Waals surface area (Å²) >= 11 is 0. The molecule has 1 atom stereocenters. The van der Waals surface area contributed by atoms with Crippen LogP contribution in [0.4, 0.5) is 11.4 Å². The fourth-order valence-electron chi connectivity index (χ4n) is 3.35. The molecule has 0 spiro atoms. The van der Waals surface area contributed by atoms with Crippen LogP contribution >= 0.6 is 0 Å². The first kappa shape index (κ1) is 21.6. The SMILES string of the molecule is Cc1cccc(C)c1NC(=O)[C@H](c1cccc([N+](=O)[O-])c1)N(C)C(=O)c1ccccn1. The number of anilines is 1. The fourth-order valence-corrected chi connectivity index (χ4v) is 3.35. The lowest BCUT2D eigenvalue weighted by molar-refractivity contribution is -0.384. The van der Waals surface area contributed by atoms with Gasteiger partial charge in [0.15, 0.2) is 0 Å². The highest BCUT2D eigenvalue weighted by Gasteiger charge is 2.31. The molecule has 2 aromatic carbocycles. The van der Waals surface area contributed by atoms with Crippen molar-refractivity contribution in [2.45, 2.75) is 19.9 Å². The number of amides is 2. The van der Waals surface area contributed by atoms with Crippen molar-refractivity contribution in [3.63, 3.8) is 0 Å². The Morgan fingerprint density at radius 3 is 2.32 bits per heavy atom. The van der Waals surface area contributed by atoms with E-state index in [4.69, 9.17) is 0 Å². The Kier molecular flexibility index (Phi) is 6.40. The van der Waals surface area contributed by atoms with E-state index in [1.165, 1.54) is 36.3 Å². The van der Waals surface area contributed by atoms with Gasteiger partial charge >= 0.3 is 0 Å². The van der Waals surface area contributed by atoms with Crippen molar-refractivity contribution < 1.29 is 14.5 Å². The predicted octanol–water partition coefficient (Wildman–Crippen LogP) is 4.06. The molecular weight excluding hydrogens is 396 g/mol. The number of pyridine rings is 1. The minimum atomic E-state index is -1.10. The Bertz CT molecular complexity index is 1110. The number of nitrogens with zero attached hydrogens (tertiary/aromatic N) is 3. The van der Waals surface area contributed by atoms with Gasteiger partial charge in [0.2, 0.25) is 0 Å². The number of aryl methyl sites for hydroxylation is 2. The van der Waals surface area contributed by atoms with E-state index in [0.29, 0.717) is 11.3 Å². The quantitative estimate of drug-likeness (QED) is 0.480. The summed E-state index contributed by atoms with van der Waals surface area (Å²) in [5.74, 6) is -0.960. The van der Waals surface area contributed by atoms with Gasteiger partial charge in [-0.25, -0.2) is 0 Å². The molecule has 0 unspecified atom stereocenters. The zero-order valence-electron chi connectivity index (χ0n) is 17.4. The summed E-state index contributed by atoms with van der Waals surface area (Å²) < 4.78 is 0. The molecule has 0 bridgehead atoms. The summed E-state index contributed by atoms with van der Waals surface area (Å²) in [6.07, 6.45) is 1.49. The molecule has 1 N–H and O–H groups in total. The molecule has 3 aromatic rings. The predicted molar refractivity (Wildman–Crippen MR) is 117 cm³/mol. The molecule has 0 saturated carbocycles. The van der Waals surface area contributed by atoms with Gasteiger partial charge in [0.25, 0.3) is 17.5 Å². The van der Waals surface area contributed by atoms with Crippen molar-refractivity contribution in [3.8, 4) is 0 Å². The van der Waals surface area contributed by atoms with Gasteiger partial charge in [-0.3, -0.25) is 24.7 Å². The number of non-ortho nitro benzene ring substituents is 1. The number of rotatable bonds is 6. The maximum absolute atomic E-state index is 13.4. The Morgan fingerprint density at radius 2 is 1.71 bits per heavy atom. The number of hydrogen-bond acceptors (Lipinski definition) is 5. The largest absolute Gasteiger partial charge is 0.324 e. The molecule has 8 heteroatoms. The summed E-state index contributed by atoms with van der Waals surface area (Å²) in [6, 6.07) is 15.1. The minimum Gasteiger partial charge on any atom is -0.324 e. The molecule has 0 radical (unpaired) electrons. The number of aromatic nitrogens is 1. The first-order chi connectivity index (χ1) is 14.8. The van der Waals surface area contributed by atoms with Gasteiger partial charge in [0.1, 0.15) is 11.7 Å². The van der Waals surface area contributed by atoms with Crippen molar-refractivity contribution in [1.29, 1.82) is 0 Å². The molecule has 3 rings (SSSR count). The maximum Gasteiger partial charge on any atom is 0.273 e.